The SMILES string of the molecule is CO[C@@]1(NC(=O)Cc2ccc(O)cc2)C(=O)N2C(C(=O)[O-])=C(CSc3nnnn3C)CSC21.[Na+]. The number of hydrogen-bond acceptors (Lipinski definition) is 11. The average Bonchev–Trinajstić information content (AvgIpc) is 3.21. The van der Waals surface area contributed by atoms with E-state index in [0.717, 1.165) is 4.90 Å². The molecule has 2 aliphatic rings. The molecule has 1 aromatic heterocycles. The second-order valence-electron chi connectivity index (χ2n) is 7.28. The molecule has 1 aromatic carbocycles. The first-order valence-corrected chi connectivity index (χ1v) is 11.7. The van der Waals surface area contributed by atoms with Crippen molar-refractivity contribution in [3.63, 3.8) is 0 Å². The van der Waals surface area contributed by atoms with Crippen LogP contribution in [-0.4, -0.2) is 77.7 Å². The zero-order valence-electron chi connectivity index (χ0n) is 18.5. The van der Waals surface area contributed by atoms with Crippen molar-refractivity contribution in [1.82, 2.24) is 30.4 Å². The molecule has 2 N–H and O–H groups in total. The number of ether oxygens (including phenoxy) is 1. The number of aliphatic carboxylic acids is 1. The number of carboxylic acid groups (broad SMARTS) is 1. The topological polar surface area (TPSA) is 163 Å². The van der Waals surface area contributed by atoms with Gasteiger partial charge in [-0.05, 0) is 33.7 Å². The van der Waals surface area contributed by atoms with Crippen LogP contribution in [-0.2, 0) is 32.6 Å². The van der Waals surface area contributed by atoms with Gasteiger partial charge in [0.2, 0.25) is 11.1 Å². The Kier molecular flexibility index (Phi) is 8.31. The van der Waals surface area contributed by atoms with Crippen LogP contribution in [0, 0.1) is 0 Å². The van der Waals surface area contributed by atoms with Crippen molar-refractivity contribution in [3.05, 3.63) is 41.1 Å². The van der Waals surface area contributed by atoms with E-state index in [2.05, 4.69) is 20.8 Å². The third-order valence-electron chi connectivity index (χ3n) is 5.21. The summed E-state index contributed by atoms with van der Waals surface area (Å²) in [5, 5.41) is 34.8. The largest absolute Gasteiger partial charge is 1.00 e. The predicted octanol–water partition coefficient (Wildman–Crippen LogP) is -4.37. The number of nitrogens with one attached hydrogen (secondary N) is 1. The predicted molar refractivity (Wildman–Crippen MR) is 114 cm³/mol. The molecule has 0 aliphatic carbocycles. The molecule has 0 spiro atoms. The fraction of sp³-hybridized carbons (Fsp3) is 0.368. The van der Waals surface area contributed by atoms with Crippen LogP contribution < -0.4 is 40.0 Å². The molecule has 1 saturated heterocycles. The molecular weight excluding hydrogens is 495 g/mol. The number of carbonyl (C=O) groups excluding carboxylic acids is 3. The number of β-lactam (4-membered cyclic amide) rings is 1. The molecule has 174 valence electrons. The zero-order chi connectivity index (χ0) is 23.8. The van der Waals surface area contributed by atoms with Gasteiger partial charge in [-0.1, -0.05) is 23.9 Å². The van der Waals surface area contributed by atoms with Gasteiger partial charge in [-0.2, -0.15) is 0 Å². The molecule has 0 saturated carbocycles. The van der Waals surface area contributed by atoms with Gasteiger partial charge in [0.1, 0.15) is 11.1 Å². The van der Waals surface area contributed by atoms with Crippen LogP contribution in [0.2, 0.25) is 0 Å². The number of benzene rings is 1. The molecule has 34 heavy (non-hydrogen) atoms. The Labute approximate surface area is 224 Å². The number of fused-ring (bicyclic) bond motifs is 1. The van der Waals surface area contributed by atoms with Crippen molar-refractivity contribution in [3.8, 4) is 5.75 Å². The maximum absolute atomic E-state index is 13.1. The minimum absolute atomic E-state index is 0. The van der Waals surface area contributed by atoms with E-state index in [0.29, 0.717) is 16.3 Å². The van der Waals surface area contributed by atoms with Gasteiger partial charge in [0.25, 0.3) is 11.6 Å². The van der Waals surface area contributed by atoms with E-state index in [4.69, 9.17) is 4.74 Å². The van der Waals surface area contributed by atoms with Gasteiger partial charge in [-0.15, -0.1) is 16.9 Å². The molecule has 2 aliphatic heterocycles. The van der Waals surface area contributed by atoms with Gasteiger partial charge in [0.05, 0.1) is 18.1 Å². The number of phenolic OH excluding ortho intramolecular Hbond substituents is 1. The number of aromatic hydroxyl groups is 1. The van der Waals surface area contributed by atoms with Gasteiger partial charge < -0.3 is 25.1 Å². The number of amides is 2. The Balaban J connectivity index is 0.00000324. The summed E-state index contributed by atoms with van der Waals surface area (Å²) in [6, 6.07) is 6.09. The molecule has 1 fully saturated rings. The van der Waals surface area contributed by atoms with Crippen molar-refractivity contribution in [1.29, 1.82) is 0 Å². The average molecular weight is 515 g/mol. The van der Waals surface area contributed by atoms with Crippen molar-refractivity contribution in [2.24, 2.45) is 7.05 Å². The van der Waals surface area contributed by atoms with E-state index in [9.17, 15) is 24.6 Å². The maximum Gasteiger partial charge on any atom is 1.00 e. The summed E-state index contributed by atoms with van der Waals surface area (Å²) < 4.78 is 6.88. The number of aryl methyl sites for hydroxylation is 1. The minimum Gasteiger partial charge on any atom is -0.543 e. The number of tetrazole rings is 1. The number of rotatable bonds is 8. The number of phenols is 1. The molecule has 12 nitrogen and oxygen atoms in total. The summed E-state index contributed by atoms with van der Waals surface area (Å²) in [6.45, 7) is 0. The molecule has 15 heteroatoms. The van der Waals surface area contributed by atoms with E-state index in [1.54, 1.807) is 19.2 Å². The smallest absolute Gasteiger partial charge is 0.543 e. The first kappa shape index (κ1) is 26.5. The second kappa shape index (κ2) is 10.7. The van der Waals surface area contributed by atoms with Crippen LogP contribution in [0.25, 0.3) is 0 Å². The molecule has 3 heterocycles. The van der Waals surface area contributed by atoms with E-state index in [-0.39, 0.29) is 58.9 Å². The number of carbonyl (C=O) groups is 3. The molecular formula is C19H19N6NaO6S2. The molecule has 0 bridgehead atoms. The molecule has 4 rings (SSSR count). The summed E-state index contributed by atoms with van der Waals surface area (Å²) >= 11 is 2.52. The van der Waals surface area contributed by atoms with Gasteiger partial charge in [-0.3, -0.25) is 14.5 Å². The van der Waals surface area contributed by atoms with Gasteiger partial charge in [0, 0.05) is 25.7 Å². The van der Waals surface area contributed by atoms with E-state index in [1.165, 1.54) is 47.4 Å². The summed E-state index contributed by atoms with van der Waals surface area (Å²) in [6.07, 6.45) is -0.0487. The Hall–Kier alpha value is -2.10. The van der Waals surface area contributed by atoms with E-state index >= 15 is 0 Å². The summed E-state index contributed by atoms with van der Waals surface area (Å²) in [4.78, 5) is 38.8. The number of hydrogen-bond donors (Lipinski definition) is 2. The Bertz CT molecular complexity index is 1140. The Morgan fingerprint density at radius 1 is 1.38 bits per heavy atom. The summed E-state index contributed by atoms with van der Waals surface area (Å²) in [7, 11) is 2.94. The monoisotopic (exact) mass is 514 g/mol. The van der Waals surface area contributed by atoms with E-state index in [1.807, 2.05) is 0 Å². The van der Waals surface area contributed by atoms with Crippen molar-refractivity contribution >= 4 is 41.3 Å². The molecule has 2 atom stereocenters. The fourth-order valence-corrected chi connectivity index (χ4v) is 6.02. The molecule has 2 aromatic rings. The normalized spacial score (nSPS) is 21.4. The Morgan fingerprint density at radius 2 is 2.09 bits per heavy atom. The van der Waals surface area contributed by atoms with E-state index < -0.39 is 28.9 Å². The third-order valence-corrected chi connectivity index (χ3v) is 7.68. The number of thioether (sulfide) groups is 2. The molecule has 1 unspecified atom stereocenters. The first-order chi connectivity index (χ1) is 15.8. The van der Waals surface area contributed by atoms with Crippen LogP contribution in [0.15, 0.2) is 40.7 Å². The Morgan fingerprint density at radius 3 is 2.68 bits per heavy atom. The van der Waals surface area contributed by atoms with Crippen LogP contribution in [0.3, 0.4) is 0 Å². The number of carboxylic acids is 1. The molecule has 2 amide bonds. The number of nitrogens with zero attached hydrogens (tertiary/aromatic N) is 5. The van der Waals surface area contributed by atoms with Crippen LogP contribution in [0.1, 0.15) is 5.56 Å². The number of methoxy groups -OCH3 is 1. The fourth-order valence-electron chi connectivity index (χ4n) is 3.59. The quantitative estimate of drug-likeness (QED) is 0.151. The van der Waals surface area contributed by atoms with Gasteiger partial charge in [-0.25, -0.2) is 4.68 Å². The van der Waals surface area contributed by atoms with Crippen LogP contribution >= 0.6 is 23.5 Å². The van der Waals surface area contributed by atoms with Crippen molar-refractivity contribution < 1.29 is 58.9 Å². The van der Waals surface area contributed by atoms with Crippen LogP contribution in [0.4, 0.5) is 0 Å². The van der Waals surface area contributed by atoms with Gasteiger partial charge >= 0.3 is 29.6 Å². The third kappa shape index (κ3) is 4.83. The van der Waals surface area contributed by atoms with Crippen molar-refractivity contribution in [2.45, 2.75) is 22.7 Å². The maximum atomic E-state index is 13.1. The first-order valence-electron chi connectivity index (χ1n) is 9.64. The summed E-state index contributed by atoms with van der Waals surface area (Å²) in [5.74, 6) is -2.06. The van der Waals surface area contributed by atoms with Gasteiger partial charge in [0.15, 0.2) is 0 Å². The summed E-state index contributed by atoms with van der Waals surface area (Å²) in [5.41, 5.74) is -0.806. The minimum atomic E-state index is -1.69. The standard InChI is InChI=1S/C19H20N6O6S2.Na/c1-24-18(21-22-23-24)33-9-11-8-32-17-19(31-2,16(30)25(17)14(11)15(28)29)20-13(27)7-10-3-5-12(26)6-4-10;/h3-6,17,26H,7-9H2,1-2H3,(H,20,27)(H,28,29);/q;+1/p-1/t17?,19-;/m0./s1. The molecule has 0 radical (unpaired) electrons. The van der Waals surface area contributed by atoms with Crippen LogP contribution in [0.5, 0.6) is 5.75 Å². The van der Waals surface area contributed by atoms with Crippen molar-refractivity contribution in [2.75, 3.05) is 18.6 Å². The second-order valence-corrected chi connectivity index (χ2v) is 9.29. The zero-order valence-corrected chi connectivity index (χ0v) is 22.2. The number of aromatic nitrogens is 4.